The molecule has 0 rings (SSSR count). The van der Waals surface area contributed by atoms with Crippen molar-refractivity contribution in [2.75, 3.05) is 52.9 Å². The highest BCUT2D eigenvalue weighted by atomic mass is 31.2. The van der Waals surface area contributed by atoms with Crippen molar-refractivity contribution in [2.45, 2.75) is 46.2 Å². The molecule has 0 aromatic heterocycles. The maximum Gasteiger partial charge on any atom is 0.259 e. The summed E-state index contributed by atoms with van der Waals surface area (Å²) in [5.41, 5.74) is -0.691. The minimum Gasteiger partial charge on any atom is -0.368 e. The number of nitrogens with zero attached hydrogens (tertiary/aromatic N) is 2. The first-order chi connectivity index (χ1) is 14.9. The summed E-state index contributed by atoms with van der Waals surface area (Å²) in [6.07, 6.45) is 16.3. The minimum absolute atomic E-state index is 0.142. The van der Waals surface area contributed by atoms with Crippen LogP contribution in [0.3, 0.4) is 0 Å². The molecule has 1 unspecified atom stereocenters. The molecule has 0 saturated heterocycles. The van der Waals surface area contributed by atoms with E-state index in [0.29, 0.717) is 0 Å². The average Bonchev–Trinajstić information content (AvgIpc) is 2.72. The number of hydrogen-bond acceptors (Lipinski definition) is 7. The van der Waals surface area contributed by atoms with Gasteiger partial charge in [0.2, 0.25) is 0 Å². The van der Waals surface area contributed by atoms with Crippen LogP contribution in [0.25, 0.3) is 0 Å². The summed E-state index contributed by atoms with van der Waals surface area (Å²) in [5, 5.41) is 8.88. The molecule has 0 aliphatic heterocycles. The number of terminal acetylenes is 3. The molecule has 0 aliphatic carbocycles. The van der Waals surface area contributed by atoms with E-state index in [1.807, 2.05) is 0 Å². The van der Waals surface area contributed by atoms with E-state index in [1.54, 1.807) is 0 Å². The normalized spacial score (nSPS) is 12.4. The summed E-state index contributed by atoms with van der Waals surface area (Å²) in [6, 6.07) is 2.44. The Hall–Kier alpha value is -1.64. The fourth-order valence-electron chi connectivity index (χ4n) is 2.73. The lowest BCUT2D eigenvalue weighted by atomic mass is 9.92. The molecule has 0 spiro atoms. The molecule has 1 atom stereocenters. The van der Waals surface area contributed by atoms with Crippen molar-refractivity contribution in [3.8, 4) is 43.1 Å². The predicted octanol–water partition coefficient (Wildman–Crippen LogP) is 3.21. The Morgan fingerprint density at radius 2 is 1.26 bits per heavy atom. The van der Waals surface area contributed by atoms with Gasteiger partial charge in [-0.15, -0.1) is 19.3 Å². The van der Waals surface area contributed by atoms with Gasteiger partial charge in [-0.1, -0.05) is 17.8 Å². The smallest absolute Gasteiger partial charge is 0.259 e. The van der Waals surface area contributed by atoms with Gasteiger partial charge in [0, 0.05) is 12.1 Å². The van der Waals surface area contributed by atoms with Gasteiger partial charge in [-0.05, 0) is 27.7 Å². The second kappa shape index (κ2) is 18.0. The van der Waals surface area contributed by atoms with Gasteiger partial charge in [0.15, 0.2) is 0 Å². The largest absolute Gasteiger partial charge is 0.368 e. The van der Waals surface area contributed by atoms with Crippen LogP contribution in [0.5, 0.6) is 0 Å². The van der Waals surface area contributed by atoms with E-state index in [9.17, 15) is 0 Å². The summed E-state index contributed by atoms with van der Waals surface area (Å²) >= 11 is 0. The van der Waals surface area contributed by atoms with Crippen LogP contribution < -0.4 is 0 Å². The van der Waals surface area contributed by atoms with Crippen LogP contribution in [0.15, 0.2) is 0 Å². The van der Waals surface area contributed by atoms with Crippen LogP contribution in [-0.4, -0.2) is 69.6 Å². The van der Waals surface area contributed by atoms with Crippen LogP contribution >= 0.6 is 8.53 Å². The van der Waals surface area contributed by atoms with E-state index in [1.165, 1.54) is 0 Å². The Morgan fingerprint density at radius 1 is 0.806 bits per heavy atom. The van der Waals surface area contributed by atoms with Gasteiger partial charge in [0.1, 0.15) is 19.8 Å². The molecule has 8 heteroatoms. The molecular weight excluding hydrogens is 415 g/mol. The number of rotatable bonds is 18. The molecule has 0 aromatic rings. The first-order valence-electron chi connectivity index (χ1n) is 10.1. The predicted molar refractivity (Wildman–Crippen MR) is 123 cm³/mol. The standard InChI is InChI=1S/C23H35N2O5P/c1-8-13-26-17-23(18-27-14-9-2,19-28-15-10-3)20-30-31(29-16-11-12-24)25(21(4)5)22(6)7/h1-3,21-22H,11,13-20H2,4-7H3. The number of ether oxygens (including phenoxy) is 3. The van der Waals surface area contributed by atoms with Crippen molar-refractivity contribution >= 4 is 8.53 Å². The zero-order valence-corrected chi connectivity index (χ0v) is 20.0. The van der Waals surface area contributed by atoms with Gasteiger partial charge in [-0.3, -0.25) is 0 Å². The third kappa shape index (κ3) is 12.7. The molecule has 0 fully saturated rings. The molecule has 0 aliphatic rings. The van der Waals surface area contributed by atoms with Crippen molar-refractivity contribution in [3.63, 3.8) is 0 Å². The first-order valence-corrected chi connectivity index (χ1v) is 11.2. The maximum atomic E-state index is 8.88. The van der Waals surface area contributed by atoms with Crippen molar-refractivity contribution < 1.29 is 23.3 Å². The van der Waals surface area contributed by atoms with Crippen LogP contribution in [-0.2, 0) is 23.3 Å². The minimum atomic E-state index is -1.44. The third-order valence-corrected chi connectivity index (χ3v) is 5.98. The van der Waals surface area contributed by atoms with Crippen LogP contribution in [0.2, 0.25) is 0 Å². The number of nitriles is 1. The SMILES string of the molecule is C#CCOCC(COCC#C)(COCC#C)COP(OCCC#N)N(C(C)C)C(C)C. The fraction of sp³-hybridized carbons (Fsp3) is 0.696. The number of hydrogen-bond donors (Lipinski definition) is 0. The van der Waals surface area contributed by atoms with Crippen LogP contribution in [0.1, 0.15) is 34.1 Å². The molecule has 0 amide bonds. The lowest BCUT2D eigenvalue weighted by Gasteiger charge is -2.38. The summed E-state index contributed by atoms with van der Waals surface area (Å²) in [7, 11) is -1.44. The van der Waals surface area contributed by atoms with E-state index in [4.69, 9.17) is 47.8 Å². The fourth-order valence-corrected chi connectivity index (χ4v) is 4.46. The third-order valence-electron chi connectivity index (χ3n) is 3.92. The van der Waals surface area contributed by atoms with Crippen molar-refractivity contribution in [2.24, 2.45) is 5.41 Å². The summed E-state index contributed by atoms with van der Waals surface area (Å²) < 4.78 is 31.3. The first kappa shape index (κ1) is 29.4. The highest BCUT2D eigenvalue weighted by Crippen LogP contribution is 2.47. The molecule has 172 valence electrons. The van der Waals surface area contributed by atoms with Crippen LogP contribution in [0.4, 0.5) is 0 Å². The zero-order chi connectivity index (χ0) is 23.5. The molecule has 0 aromatic carbocycles. The second-order valence-corrected chi connectivity index (χ2v) is 8.86. The van der Waals surface area contributed by atoms with Gasteiger partial charge in [-0.2, -0.15) is 5.26 Å². The van der Waals surface area contributed by atoms with Gasteiger partial charge in [0.25, 0.3) is 8.53 Å². The molecule has 0 heterocycles. The Bertz CT molecular complexity index is 584. The molecular formula is C23H35N2O5P. The Balaban J connectivity index is 5.59. The monoisotopic (exact) mass is 450 g/mol. The molecule has 0 saturated carbocycles. The quantitative estimate of drug-likeness (QED) is 0.180. The van der Waals surface area contributed by atoms with Crippen molar-refractivity contribution in [1.29, 1.82) is 5.26 Å². The van der Waals surface area contributed by atoms with E-state index in [0.717, 1.165) is 0 Å². The lowest BCUT2D eigenvalue weighted by Crippen LogP contribution is -2.42. The molecule has 7 nitrogen and oxygen atoms in total. The van der Waals surface area contributed by atoms with Gasteiger partial charge in [-0.25, -0.2) is 4.67 Å². The lowest BCUT2D eigenvalue weighted by molar-refractivity contribution is -0.0771. The van der Waals surface area contributed by atoms with E-state index < -0.39 is 13.9 Å². The molecule has 0 radical (unpaired) electrons. The van der Waals surface area contributed by atoms with Crippen LogP contribution in [0, 0.1) is 53.8 Å². The van der Waals surface area contributed by atoms with E-state index >= 15 is 0 Å². The molecule has 0 bridgehead atoms. The Morgan fingerprint density at radius 3 is 1.61 bits per heavy atom. The van der Waals surface area contributed by atoms with Gasteiger partial charge < -0.3 is 23.3 Å². The van der Waals surface area contributed by atoms with Crippen molar-refractivity contribution in [3.05, 3.63) is 0 Å². The highest BCUT2D eigenvalue weighted by Gasteiger charge is 2.36. The Kier molecular flexibility index (Phi) is 17.0. The van der Waals surface area contributed by atoms with Crippen molar-refractivity contribution in [1.82, 2.24) is 4.67 Å². The second-order valence-electron chi connectivity index (χ2n) is 7.41. The maximum absolute atomic E-state index is 8.88. The van der Waals surface area contributed by atoms with E-state index in [2.05, 4.69) is 56.2 Å². The Labute approximate surface area is 189 Å². The topological polar surface area (TPSA) is 73.2 Å². The molecule has 0 N–H and O–H groups in total. The van der Waals surface area contributed by atoms with Gasteiger partial charge >= 0.3 is 0 Å². The van der Waals surface area contributed by atoms with Gasteiger partial charge in [0.05, 0.1) is 50.9 Å². The van der Waals surface area contributed by atoms with E-state index in [-0.39, 0.29) is 71.4 Å². The molecule has 31 heavy (non-hydrogen) atoms. The highest BCUT2D eigenvalue weighted by molar-refractivity contribution is 7.44. The zero-order valence-electron chi connectivity index (χ0n) is 19.1. The summed E-state index contributed by atoms with van der Waals surface area (Å²) in [6.45, 7) is 9.90. The average molecular weight is 451 g/mol. The summed E-state index contributed by atoms with van der Waals surface area (Å²) in [4.78, 5) is 0. The summed E-state index contributed by atoms with van der Waals surface area (Å²) in [5.74, 6) is 7.36.